The largest absolute Gasteiger partial charge is 0.491 e. The van der Waals surface area contributed by atoms with Crippen LogP contribution in [0, 0.1) is 0 Å². The molecule has 1 aliphatic rings. The summed E-state index contributed by atoms with van der Waals surface area (Å²) in [6.45, 7) is 10.1. The van der Waals surface area contributed by atoms with Gasteiger partial charge in [-0.2, -0.15) is 0 Å². The van der Waals surface area contributed by atoms with E-state index < -0.39 is 0 Å². The molecule has 1 aliphatic heterocycles. The number of benzene rings is 2. The van der Waals surface area contributed by atoms with Crippen molar-refractivity contribution in [1.82, 2.24) is 15.5 Å². The second-order valence-electron chi connectivity index (χ2n) is 7.59. The Morgan fingerprint density at radius 1 is 1.11 bits per heavy atom. The number of morpholine rings is 1. The van der Waals surface area contributed by atoms with Gasteiger partial charge in [-0.1, -0.05) is 36.4 Å². The van der Waals surface area contributed by atoms with Crippen LogP contribution in [0.3, 0.4) is 0 Å². The van der Waals surface area contributed by atoms with Gasteiger partial charge < -0.3 is 20.1 Å². The summed E-state index contributed by atoms with van der Waals surface area (Å²) in [5, 5.41) is 9.10. The summed E-state index contributed by atoms with van der Waals surface area (Å²) in [7, 11) is 1.79. The monoisotopic (exact) mass is 384 g/mol. The number of nitrogens with zero attached hydrogens (tertiary/aromatic N) is 2. The molecule has 0 saturated carbocycles. The van der Waals surface area contributed by atoms with Crippen LogP contribution in [0.5, 0.6) is 5.75 Å². The van der Waals surface area contributed by atoms with E-state index in [0.717, 1.165) is 49.9 Å². The lowest BCUT2D eigenvalue weighted by Crippen LogP contribution is -2.56. The number of hydrogen-bond acceptors (Lipinski definition) is 4. The molecule has 6 heteroatoms. The van der Waals surface area contributed by atoms with Crippen LogP contribution in [-0.4, -0.2) is 69.4 Å². The topological polar surface area (TPSA) is 58.1 Å². The van der Waals surface area contributed by atoms with Gasteiger partial charge in [0.05, 0.1) is 19.8 Å². The van der Waals surface area contributed by atoms with Crippen LogP contribution in [0.2, 0.25) is 0 Å². The van der Waals surface area contributed by atoms with Crippen LogP contribution >= 0.6 is 0 Å². The van der Waals surface area contributed by atoms with Crippen molar-refractivity contribution in [2.45, 2.75) is 19.4 Å². The van der Waals surface area contributed by atoms with Gasteiger partial charge in [0.25, 0.3) is 0 Å². The lowest BCUT2D eigenvalue weighted by molar-refractivity contribution is -0.00834. The molecular weight excluding hydrogens is 352 g/mol. The first-order valence-corrected chi connectivity index (χ1v) is 9.98. The van der Waals surface area contributed by atoms with E-state index in [1.807, 2.05) is 24.3 Å². The maximum absolute atomic E-state index is 5.99. The van der Waals surface area contributed by atoms with Gasteiger partial charge in [0, 0.05) is 37.6 Å². The Labute approximate surface area is 167 Å². The van der Waals surface area contributed by atoms with Crippen LogP contribution in [0.1, 0.15) is 13.8 Å². The van der Waals surface area contributed by atoms with E-state index in [1.54, 1.807) is 7.05 Å². The quantitative estimate of drug-likeness (QED) is 0.436. The highest BCUT2D eigenvalue weighted by Gasteiger charge is 2.28. The van der Waals surface area contributed by atoms with Crippen molar-refractivity contribution in [3.05, 3.63) is 42.5 Å². The zero-order chi connectivity index (χ0) is 19.8. The van der Waals surface area contributed by atoms with Crippen LogP contribution in [-0.2, 0) is 4.74 Å². The molecule has 28 heavy (non-hydrogen) atoms. The SMILES string of the molecule is CN=C(NCCOc1cccc2ccccc12)NCC(C)(C)N1CCOCC1. The highest BCUT2D eigenvalue weighted by atomic mass is 16.5. The van der Waals surface area contributed by atoms with Crippen LogP contribution in [0.4, 0.5) is 0 Å². The van der Waals surface area contributed by atoms with E-state index >= 15 is 0 Å². The minimum atomic E-state index is 0.0425. The normalized spacial score (nSPS) is 16.2. The van der Waals surface area contributed by atoms with Crippen LogP contribution in [0.15, 0.2) is 47.5 Å². The number of rotatable bonds is 7. The number of fused-ring (bicyclic) bond motifs is 1. The molecule has 1 saturated heterocycles. The lowest BCUT2D eigenvalue weighted by atomic mass is 10.0. The third-order valence-electron chi connectivity index (χ3n) is 5.18. The molecule has 6 nitrogen and oxygen atoms in total. The molecule has 0 spiro atoms. The molecule has 1 fully saturated rings. The molecule has 2 aromatic carbocycles. The number of nitrogens with one attached hydrogen (secondary N) is 2. The smallest absolute Gasteiger partial charge is 0.191 e. The Balaban J connectivity index is 1.44. The zero-order valence-corrected chi connectivity index (χ0v) is 17.2. The number of ether oxygens (including phenoxy) is 2. The summed E-state index contributed by atoms with van der Waals surface area (Å²) in [6, 6.07) is 14.4. The van der Waals surface area contributed by atoms with E-state index in [1.165, 1.54) is 5.39 Å². The van der Waals surface area contributed by atoms with Crippen molar-refractivity contribution in [3.63, 3.8) is 0 Å². The fourth-order valence-electron chi connectivity index (χ4n) is 3.45. The molecule has 1 heterocycles. The summed E-state index contributed by atoms with van der Waals surface area (Å²) >= 11 is 0. The third-order valence-corrected chi connectivity index (χ3v) is 5.18. The highest BCUT2D eigenvalue weighted by Crippen LogP contribution is 2.24. The third kappa shape index (κ3) is 5.36. The first-order valence-electron chi connectivity index (χ1n) is 9.98. The minimum absolute atomic E-state index is 0.0425. The van der Waals surface area contributed by atoms with Crippen molar-refractivity contribution < 1.29 is 9.47 Å². The molecular formula is C22H32N4O2. The minimum Gasteiger partial charge on any atom is -0.491 e. The summed E-state index contributed by atoms with van der Waals surface area (Å²) in [5.74, 6) is 1.71. The zero-order valence-electron chi connectivity index (χ0n) is 17.2. The fourth-order valence-corrected chi connectivity index (χ4v) is 3.45. The molecule has 2 N–H and O–H groups in total. The summed E-state index contributed by atoms with van der Waals surface area (Å²) in [5.41, 5.74) is 0.0425. The Kier molecular flexibility index (Phi) is 7.12. The lowest BCUT2D eigenvalue weighted by Gasteiger charge is -2.41. The van der Waals surface area contributed by atoms with E-state index in [-0.39, 0.29) is 5.54 Å². The first-order chi connectivity index (χ1) is 13.6. The van der Waals surface area contributed by atoms with E-state index in [0.29, 0.717) is 13.2 Å². The average Bonchev–Trinajstić information content (AvgIpc) is 2.74. The van der Waals surface area contributed by atoms with Crippen LogP contribution in [0.25, 0.3) is 10.8 Å². The second kappa shape index (κ2) is 9.75. The maximum Gasteiger partial charge on any atom is 0.191 e. The van der Waals surface area contributed by atoms with Gasteiger partial charge in [0.15, 0.2) is 5.96 Å². The number of hydrogen-bond donors (Lipinski definition) is 2. The van der Waals surface area contributed by atoms with Crippen molar-refractivity contribution in [1.29, 1.82) is 0 Å². The van der Waals surface area contributed by atoms with Gasteiger partial charge in [-0.15, -0.1) is 0 Å². The van der Waals surface area contributed by atoms with Gasteiger partial charge in [-0.3, -0.25) is 9.89 Å². The molecule has 152 valence electrons. The average molecular weight is 385 g/mol. The highest BCUT2D eigenvalue weighted by molar-refractivity contribution is 5.88. The predicted molar refractivity (Wildman–Crippen MR) is 115 cm³/mol. The van der Waals surface area contributed by atoms with Crippen LogP contribution < -0.4 is 15.4 Å². The maximum atomic E-state index is 5.99. The van der Waals surface area contributed by atoms with Gasteiger partial charge in [0.1, 0.15) is 12.4 Å². The molecule has 0 unspecified atom stereocenters. The molecule has 3 rings (SSSR count). The summed E-state index contributed by atoms with van der Waals surface area (Å²) in [4.78, 5) is 6.79. The van der Waals surface area contributed by atoms with Gasteiger partial charge in [-0.05, 0) is 25.3 Å². The summed E-state index contributed by atoms with van der Waals surface area (Å²) < 4.78 is 11.4. The van der Waals surface area contributed by atoms with Crippen molar-refractivity contribution >= 4 is 16.7 Å². The predicted octanol–water partition coefficient (Wildman–Crippen LogP) is 2.49. The summed E-state index contributed by atoms with van der Waals surface area (Å²) in [6.07, 6.45) is 0. The standard InChI is InChI=1S/C22H32N4O2/c1-22(2,26-12-15-27-16-13-26)17-25-21(23-3)24-11-14-28-20-10-6-8-18-7-4-5-9-19(18)20/h4-10H,11-17H2,1-3H3,(H2,23,24,25). The molecule has 0 amide bonds. The Bertz CT molecular complexity index is 780. The molecule has 0 radical (unpaired) electrons. The van der Waals surface area contributed by atoms with E-state index in [4.69, 9.17) is 9.47 Å². The van der Waals surface area contributed by atoms with Gasteiger partial charge in [-0.25, -0.2) is 0 Å². The number of guanidine groups is 1. The van der Waals surface area contributed by atoms with Gasteiger partial charge in [0.2, 0.25) is 0 Å². The van der Waals surface area contributed by atoms with Crippen molar-refractivity contribution in [2.24, 2.45) is 4.99 Å². The number of aliphatic imine (C=N–C) groups is 1. The Hall–Kier alpha value is -2.31. The van der Waals surface area contributed by atoms with Crippen molar-refractivity contribution in [3.8, 4) is 5.75 Å². The first kappa shape index (κ1) is 20.4. The molecule has 0 atom stereocenters. The fraction of sp³-hybridized carbons (Fsp3) is 0.500. The Morgan fingerprint density at radius 3 is 2.64 bits per heavy atom. The molecule has 0 aromatic heterocycles. The van der Waals surface area contributed by atoms with Crippen molar-refractivity contribution in [2.75, 3.05) is 53.0 Å². The van der Waals surface area contributed by atoms with Gasteiger partial charge >= 0.3 is 0 Å². The molecule has 2 aromatic rings. The molecule has 0 bridgehead atoms. The van der Waals surface area contributed by atoms with E-state index in [9.17, 15) is 0 Å². The Morgan fingerprint density at radius 2 is 1.86 bits per heavy atom. The molecule has 0 aliphatic carbocycles. The second-order valence-corrected chi connectivity index (χ2v) is 7.59. The van der Waals surface area contributed by atoms with E-state index in [2.05, 4.69) is 52.6 Å².